The largest absolute Gasteiger partial charge is 0.394 e. The Morgan fingerprint density at radius 2 is 1.78 bits per heavy atom. The number of allylic oxidation sites excluding steroid dienone is 8. The monoisotopic (exact) mass is 795 g/mol. The number of fused-ring (bicyclic) bond motifs is 1. The van der Waals surface area contributed by atoms with Gasteiger partial charge in [0.15, 0.2) is 0 Å². The number of ether oxygens (including phenoxy) is 1. The van der Waals surface area contributed by atoms with Gasteiger partial charge in [0.2, 0.25) is 5.91 Å². The van der Waals surface area contributed by atoms with Crippen molar-refractivity contribution in [2.75, 3.05) is 31.7 Å². The second kappa shape index (κ2) is 17.9. The number of hydrogen-bond donors (Lipinski definition) is 4. The highest BCUT2D eigenvalue weighted by Crippen LogP contribution is 2.47. The number of benzene rings is 2. The summed E-state index contributed by atoms with van der Waals surface area (Å²) < 4.78 is 6.61. The van der Waals surface area contributed by atoms with Crippen molar-refractivity contribution < 1.29 is 24.9 Å². The maximum absolute atomic E-state index is 12.6. The Morgan fingerprint density at radius 1 is 1.06 bits per heavy atom. The highest BCUT2D eigenvalue weighted by atomic mass is 127. The van der Waals surface area contributed by atoms with E-state index >= 15 is 0 Å². The van der Waals surface area contributed by atoms with Gasteiger partial charge in [-0.05, 0) is 77.8 Å². The third kappa shape index (κ3) is 9.41. The number of unbranched alkanes of at least 4 members (excludes halogenated alkanes) is 2. The first-order valence-corrected chi connectivity index (χ1v) is 18.6. The summed E-state index contributed by atoms with van der Waals surface area (Å²) >= 11 is 2.41. The fraction of sp³-hybridized carbons (Fsp3) is 0.463. The zero-order valence-corrected chi connectivity index (χ0v) is 32.4. The van der Waals surface area contributed by atoms with Crippen LogP contribution in [-0.2, 0) is 20.4 Å². The lowest BCUT2D eigenvalue weighted by Gasteiger charge is -2.37. The summed E-state index contributed by atoms with van der Waals surface area (Å²) in [7, 11) is 1.85. The van der Waals surface area contributed by atoms with E-state index in [9.17, 15) is 20.1 Å². The van der Waals surface area contributed by atoms with Crippen LogP contribution in [0.2, 0.25) is 0 Å². The molecule has 0 unspecified atom stereocenters. The number of nitrogens with one attached hydrogen (secondary N) is 1. The molecule has 2 aromatic rings. The van der Waals surface area contributed by atoms with Crippen molar-refractivity contribution in [3.63, 3.8) is 0 Å². The van der Waals surface area contributed by atoms with Crippen LogP contribution in [0.25, 0.3) is 0 Å². The second-order valence-corrected chi connectivity index (χ2v) is 15.4. The van der Waals surface area contributed by atoms with Crippen LogP contribution in [0, 0.1) is 10.5 Å². The normalized spacial score (nSPS) is 23.4. The molecule has 1 fully saturated rings. The summed E-state index contributed by atoms with van der Waals surface area (Å²) in [4.78, 5) is 19.6. The van der Waals surface area contributed by atoms with Gasteiger partial charge in [0.05, 0.1) is 19.3 Å². The third-order valence-corrected chi connectivity index (χ3v) is 10.8. The molecule has 2 aliphatic rings. The van der Waals surface area contributed by atoms with E-state index in [1.165, 1.54) is 31.6 Å². The minimum atomic E-state index is -1.24. The minimum absolute atomic E-state index is 0.0520. The lowest BCUT2D eigenvalue weighted by molar-refractivity contribution is -0.164. The predicted octanol–water partition coefficient (Wildman–Crippen LogP) is 6.46. The summed E-state index contributed by atoms with van der Waals surface area (Å²) in [5, 5.41) is 32.4. The van der Waals surface area contributed by atoms with Gasteiger partial charge >= 0.3 is 0 Å². The standard InChI is InChI=1S/C41H54IN3O5/c1-28-22-23-31(42)30(25-28)40(2,3)35(43-6)19-11-8-7-9-12-20-36-41(4,5)29-17-14-15-18-33(29)45(36)24-16-10-13-21-37(47)44-32-27-50-34(26-46)39(49)38(32)48/h7-9,11-12,14-15,17-20,22-23,25,32,34,38-39,46,48-49H,10,13,16,21,24,26-27H2,1-6H3,(H,44,47)/b8-7+,12-9+,19-11+,36-20+,43-35?/t32-,34+,38+,39+/m0/s1. The molecule has 2 aliphatic heterocycles. The molecular weight excluding hydrogens is 741 g/mol. The first-order chi connectivity index (χ1) is 23.8. The number of aliphatic hydroxyl groups is 3. The molecule has 50 heavy (non-hydrogen) atoms. The topological polar surface area (TPSA) is 115 Å². The van der Waals surface area contributed by atoms with Crippen molar-refractivity contribution in [3.8, 4) is 0 Å². The lowest BCUT2D eigenvalue weighted by atomic mass is 9.79. The highest BCUT2D eigenvalue weighted by molar-refractivity contribution is 14.1. The Hall–Kier alpha value is -3.09. The number of anilines is 1. The number of rotatable bonds is 14. The SMILES string of the molecule is CN=C(/C=C/C=C/C=C/C=C1/N(CCCCCC(=O)N[C@H]2CO[C@H](CO)[C@@H](O)[C@@H]2O)c2ccccc2C1(C)C)C(C)(C)c1cc(C)ccc1I. The Balaban J connectivity index is 1.33. The zero-order valence-electron chi connectivity index (χ0n) is 30.3. The summed E-state index contributed by atoms with van der Waals surface area (Å²) in [6.45, 7) is 11.6. The van der Waals surface area contributed by atoms with Gasteiger partial charge in [-0.2, -0.15) is 0 Å². The number of aliphatic imine (C=N–C) groups is 1. The minimum Gasteiger partial charge on any atom is -0.394 e. The highest BCUT2D eigenvalue weighted by Gasteiger charge is 2.40. The van der Waals surface area contributed by atoms with E-state index in [2.05, 4.69) is 139 Å². The van der Waals surface area contributed by atoms with Crippen LogP contribution in [0.1, 0.15) is 70.1 Å². The Kier molecular flexibility index (Phi) is 14.2. The fourth-order valence-electron chi connectivity index (χ4n) is 6.87. The van der Waals surface area contributed by atoms with E-state index in [-0.39, 0.29) is 30.0 Å². The zero-order chi connectivity index (χ0) is 36.5. The fourth-order valence-corrected chi connectivity index (χ4v) is 7.88. The number of carbonyl (C=O) groups is 1. The Labute approximate surface area is 311 Å². The second-order valence-electron chi connectivity index (χ2n) is 14.2. The summed E-state index contributed by atoms with van der Waals surface area (Å²) in [5.74, 6) is -0.184. The van der Waals surface area contributed by atoms with Gasteiger partial charge in [0, 0.05) is 51.5 Å². The molecule has 270 valence electrons. The quantitative estimate of drug-likeness (QED) is 0.0757. The number of aliphatic hydroxyl groups excluding tert-OH is 3. The van der Waals surface area contributed by atoms with E-state index < -0.39 is 24.4 Å². The van der Waals surface area contributed by atoms with Gasteiger partial charge in [0.25, 0.3) is 0 Å². The summed E-state index contributed by atoms with van der Waals surface area (Å²) in [5.41, 5.74) is 6.92. The number of halogens is 1. The van der Waals surface area contributed by atoms with Crippen molar-refractivity contribution in [2.45, 2.75) is 95.5 Å². The molecule has 2 heterocycles. The van der Waals surface area contributed by atoms with Crippen molar-refractivity contribution in [1.82, 2.24) is 5.32 Å². The average Bonchev–Trinajstić information content (AvgIpc) is 3.30. The van der Waals surface area contributed by atoms with Crippen LogP contribution in [-0.4, -0.2) is 78.1 Å². The van der Waals surface area contributed by atoms with Crippen LogP contribution in [0.15, 0.2) is 95.7 Å². The molecule has 8 nitrogen and oxygen atoms in total. The maximum Gasteiger partial charge on any atom is 0.220 e. The molecule has 2 aromatic carbocycles. The first-order valence-electron chi connectivity index (χ1n) is 17.5. The van der Waals surface area contributed by atoms with Gasteiger partial charge in [0.1, 0.15) is 18.3 Å². The number of para-hydroxylation sites is 1. The molecular formula is C41H54IN3O5. The van der Waals surface area contributed by atoms with Crippen LogP contribution in [0.4, 0.5) is 5.69 Å². The number of carbonyl (C=O) groups excluding carboxylic acids is 1. The molecule has 4 N–H and O–H groups in total. The van der Waals surface area contributed by atoms with Crippen LogP contribution >= 0.6 is 22.6 Å². The average molecular weight is 796 g/mol. The lowest BCUT2D eigenvalue weighted by Crippen LogP contribution is -2.59. The van der Waals surface area contributed by atoms with Crippen LogP contribution in [0.3, 0.4) is 0 Å². The van der Waals surface area contributed by atoms with Gasteiger partial charge in [-0.15, -0.1) is 0 Å². The Morgan fingerprint density at radius 3 is 2.52 bits per heavy atom. The van der Waals surface area contributed by atoms with E-state index in [4.69, 9.17) is 4.74 Å². The smallest absolute Gasteiger partial charge is 0.220 e. The van der Waals surface area contributed by atoms with Gasteiger partial charge in [-0.25, -0.2) is 0 Å². The molecule has 0 aromatic heterocycles. The van der Waals surface area contributed by atoms with Crippen molar-refractivity contribution in [2.24, 2.45) is 4.99 Å². The van der Waals surface area contributed by atoms with E-state index in [1.54, 1.807) is 0 Å². The number of amides is 1. The van der Waals surface area contributed by atoms with Crippen LogP contribution < -0.4 is 10.2 Å². The molecule has 0 saturated carbocycles. The molecule has 0 radical (unpaired) electrons. The van der Waals surface area contributed by atoms with Crippen molar-refractivity contribution in [1.29, 1.82) is 0 Å². The van der Waals surface area contributed by atoms with Crippen molar-refractivity contribution >= 4 is 39.9 Å². The van der Waals surface area contributed by atoms with Crippen molar-refractivity contribution in [3.05, 3.63) is 111 Å². The van der Waals surface area contributed by atoms with Gasteiger partial charge < -0.3 is 30.3 Å². The third-order valence-electron chi connectivity index (χ3n) is 9.87. The summed E-state index contributed by atoms with van der Waals surface area (Å²) in [6.07, 6.45) is 14.1. The summed E-state index contributed by atoms with van der Waals surface area (Å²) in [6, 6.07) is 14.4. The maximum atomic E-state index is 12.6. The molecule has 0 aliphatic carbocycles. The molecule has 0 spiro atoms. The molecule has 4 atom stereocenters. The van der Waals surface area contributed by atoms with Gasteiger partial charge in [-0.1, -0.05) is 100 Å². The van der Waals surface area contributed by atoms with Gasteiger partial charge in [-0.3, -0.25) is 9.79 Å². The van der Waals surface area contributed by atoms with E-state index in [1.807, 2.05) is 25.3 Å². The number of aryl methyl sites for hydroxylation is 1. The molecule has 1 saturated heterocycles. The predicted molar refractivity (Wildman–Crippen MR) is 212 cm³/mol. The molecule has 0 bridgehead atoms. The molecule has 9 heteroatoms. The first kappa shape index (κ1) is 39.7. The molecule has 1 amide bonds. The van der Waals surface area contributed by atoms with E-state index in [0.717, 1.165) is 25.1 Å². The Bertz CT molecular complexity index is 1630. The number of hydrogen-bond acceptors (Lipinski definition) is 7. The number of nitrogens with zero attached hydrogens (tertiary/aromatic N) is 2. The van der Waals surface area contributed by atoms with E-state index in [0.29, 0.717) is 12.8 Å². The van der Waals surface area contributed by atoms with Crippen LogP contribution in [0.5, 0.6) is 0 Å². The molecule has 4 rings (SSSR count).